The van der Waals surface area contributed by atoms with Gasteiger partial charge in [-0.3, -0.25) is 25.2 Å². The summed E-state index contributed by atoms with van der Waals surface area (Å²) in [6, 6.07) is 6.77. The summed E-state index contributed by atoms with van der Waals surface area (Å²) >= 11 is 3.29. The molecule has 0 aromatic heterocycles. The van der Waals surface area contributed by atoms with Gasteiger partial charge in [0.25, 0.3) is 5.91 Å². The highest BCUT2D eigenvalue weighted by Crippen LogP contribution is 2.17. The Hall–Kier alpha value is -2.09. The van der Waals surface area contributed by atoms with Crippen molar-refractivity contribution in [3.63, 3.8) is 0 Å². The van der Waals surface area contributed by atoms with Gasteiger partial charge in [-0.2, -0.15) is 0 Å². The third-order valence-electron chi connectivity index (χ3n) is 2.42. The summed E-state index contributed by atoms with van der Waals surface area (Å²) in [5.41, 5.74) is 4.16. The second-order valence-electron chi connectivity index (χ2n) is 4.79. The van der Waals surface area contributed by atoms with Gasteiger partial charge in [-0.25, -0.2) is 0 Å². The van der Waals surface area contributed by atoms with Crippen LogP contribution in [0.5, 0.6) is 5.75 Å². The summed E-state index contributed by atoms with van der Waals surface area (Å²) in [4.78, 5) is 34.5. The minimum absolute atomic E-state index is 0.173. The van der Waals surface area contributed by atoms with E-state index in [0.717, 1.165) is 4.47 Å². The maximum absolute atomic E-state index is 11.8. The lowest BCUT2D eigenvalue weighted by atomic mass is 10.3. The third kappa shape index (κ3) is 6.13. The van der Waals surface area contributed by atoms with Gasteiger partial charge in [-0.15, -0.1) is 0 Å². The van der Waals surface area contributed by atoms with E-state index in [2.05, 4.69) is 26.7 Å². The normalized spacial score (nSPS) is 11.5. The molecule has 7 nitrogen and oxygen atoms in total. The van der Waals surface area contributed by atoms with Crippen LogP contribution in [0.2, 0.25) is 0 Å². The van der Waals surface area contributed by atoms with Gasteiger partial charge in [0.1, 0.15) is 5.75 Å². The lowest BCUT2D eigenvalue weighted by Crippen LogP contribution is -2.52. The van der Waals surface area contributed by atoms with Crippen molar-refractivity contribution in [2.75, 3.05) is 0 Å². The van der Waals surface area contributed by atoms with Crippen molar-refractivity contribution in [2.24, 2.45) is 0 Å². The molecule has 1 aromatic carbocycles. The Morgan fingerprint density at radius 2 is 1.59 bits per heavy atom. The van der Waals surface area contributed by atoms with Gasteiger partial charge >= 0.3 is 11.8 Å². The number of ether oxygens (including phenoxy) is 1. The number of hydrogen-bond acceptors (Lipinski definition) is 4. The van der Waals surface area contributed by atoms with Crippen molar-refractivity contribution in [2.45, 2.75) is 32.9 Å². The van der Waals surface area contributed by atoms with Gasteiger partial charge < -0.3 is 10.1 Å². The Balaban J connectivity index is 2.42. The zero-order chi connectivity index (χ0) is 16.7. The van der Waals surface area contributed by atoms with E-state index in [-0.39, 0.29) is 6.04 Å². The molecule has 8 heteroatoms. The highest BCUT2D eigenvalue weighted by atomic mass is 79.9. The molecule has 0 saturated carbocycles. The van der Waals surface area contributed by atoms with Gasteiger partial charge in [0, 0.05) is 10.5 Å². The standard InChI is InChI=1S/C14H18BrN3O4/c1-8(2)16-13(20)14(21)18-17-12(19)9(3)22-11-6-4-10(15)5-7-11/h4-9H,1-3H3,(H,16,20)(H,17,19)(H,18,21)/t9-/m1/s1. The van der Waals surface area contributed by atoms with Crippen molar-refractivity contribution < 1.29 is 19.1 Å². The predicted octanol–water partition coefficient (Wildman–Crippen LogP) is 0.888. The molecule has 1 atom stereocenters. The monoisotopic (exact) mass is 371 g/mol. The van der Waals surface area contributed by atoms with Crippen molar-refractivity contribution >= 4 is 33.7 Å². The highest BCUT2D eigenvalue weighted by molar-refractivity contribution is 9.10. The largest absolute Gasteiger partial charge is 0.481 e. The minimum Gasteiger partial charge on any atom is -0.481 e. The molecule has 0 unspecified atom stereocenters. The van der Waals surface area contributed by atoms with Crippen LogP contribution in [-0.2, 0) is 14.4 Å². The minimum atomic E-state index is -0.946. The Labute approximate surface area is 136 Å². The molecular weight excluding hydrogens is 354 g/mol. The van der Waals surface area contributed by atoms with Crippen LogP contribution in [0.25, 0.3) is 0 Å². The zero-order valence-corrected chi connectivity index (χ0v) is 14.1. The van der Waals surface area contributed by atoms with Crippen molar-refractivity contribution in [1.82, 2.24) is 16.2 Å². The molecule has 0 bridgehead atoms. The van der Waals surface area contributed by atoms with Crippen LogP contribution in [0, 0.1) is 0 Å². The number of benzene rings is 1. The number of rotatable bonds is 4. The van der Waals surface area contributed by atoms with Crippen LogP contribution in [0.15, 0.2) is 28.7 Å². The lowest BCUT2D eigenvalue weighted by molar-refractivity contribution is -0.141. The van der Waals surface area contributed by atoms with E-state index >= 15 is 0 Å². The van der Waals surface area contributed by atoms with Crippen LogP contribution >= 0.6 is 15.9 Å². The average molecular weight is 372 g/mol. The topological polar surface area (TPSA) is 96.5 Å². The first-order chi connectivity index (χ1) is 10.3. The second kappa shape index (κ2) is 8.38. The predicted molar refractivity (Wildman–Crippen MR) is 83.8 cm³/mol. The van der Waals surface area contributed by atoms with Crippen molar-refractivity contribution in [3.8, 4) is 5.75 Å². The zero-order valence-electron chi connectivity index (χ0n) is 12.5. The quantitative estimate of drug-likeness (QED) is 0.540. The maximum atomic E-state index is 11.8. The van der Waals surface area contributed by atoms with Crippen LogP contribution in [0.3, 0.4) is 0 Å². The fourth-order valence-electron chi connectivity index (χ4n) is 1.38. The van der Waals surface area contributed by atoms with E-state index in [1.165, 1.54) is 6.92 Å². The first-order valence-corrected chi connectivity index (χ1v) is 7.41. The Kier molecular flexibility index (Phi) is 6.84. The molecule has 22 heavy (non-hydrogen) atoms. The number of carbonyl (C=O) groups excluding carboxylic acids is 3. The molecule has 0 saturated heterocycles. The molecule has 0 aliphatic heterocycles. The maximum Gasteiger partial charge on any atom is 0.327 e. The molecule has 0 aliphatic rings. The number of hydrogen-bond donors (Lipinski definition) is 3. The first-order valence-electron chi connectivity index (χ1n) is 6.62. The third-order valence-corrected chi connectivity index (χ3v) is 2.95. The summed E-state index contributed by atoms with van der Waals surface area (Å²) in [7, 11) is 0. The average Bonchev–Trinajstić information content (AvgIpc) is 2.45. The van der Waals surface area contributed by atoms with E-state index < -0.39 is 23.8 Å². The van der Waals surface area contributed by atoms with Gasteiger partial charge in [0.15, 0.2) is 6.10 Å². The Bertz CT molecular complexity index is 546. The molecule has 1 rings (SSSR count). The molecule has 0 heterocycles. The first kappa shape index (κ1) is 18.0. The summed E-state index contributed by atoms with van der Waals surface area (Å²) in [5.74, 6) is -1.84. The van der Waals surface area contributed by atoms with Crippen molar-refractivity contribution in [3.05, 3.63) is 28.7 Å². The van der Waals surface area contributed by atoms with Crippen LogP contribution in [-0.4, -0.2) is 29.9 Å². The smallest absolute Gasteiger partial charge is 0.327 e. The number of amides is 3. The van der Waals surface area contributed by atoms with Gasteiger partial charge in [-0.1, -0.05) is 15.9 Å². The Morgan fingerprint density at radius 3 is 2.14 bits per heavy atom. The van der Waals surface area contributed by atoms with Crippen LogP contribution < -0.4 is 20.9 Å². The van der Waals surface area contributed by atoms with E-state index in [1.807, 2.05) is 5.43 Å². The van der Waals surface area contributed by atoms with E-state index in [9.17, 15) is 14.4 Å². The number of carbonyl (C=O) groups is 3. The molecule has 1 aromatic rings. The molecule has 3 N–H and O–H groups in total. The summed E-state index contributed by atoms with van der Waals surface area (Å²) < 4.78 is 6.29. The molecule has 0 spiro atoms. The number of hydrazine groups is 1. The number of nitrogens with one attached hydrogen (secondary N) is 3. The summed E-state index contributed by atoms with van der Waals surface area (Å²) in [6.45, 7) is 4.97. The summed E-state index contributed by atoms with van der Waals surface area (Å²) in [5, 5.41) is 2.40. The van der Waals surface area contributed by atoms with Crippen LogP contribution in [0.4, 0.5) is 0 Å². The van der Waals surface area contributed by atoms with E-state index in [0.29, 0.717) is 5.75 Å². The number of halogens is 1. The summed E-state index contributed by atoms with van der Waals surface area (Å²) in [6.07, 6.45) is -0.838. The highest BCUT2D eigenvalue weighted by Gasteiger charge is 2.18. The fourth-order valence-corrected chi connectivity index (χ4v) is 1.64. The SMILES string of the molecule is CC(C)NC(=O)C(=O)NNC(=O)[C@@H](C)Oc1ccc(Br)cc1. The molecule has 120 valence electrons. The molecule has 0 radical (unpaired) electrons. The molecular formula is C14H18BrN3O4. The molecule has 0 aliphatic carbocycles. The Morgan fingerprint density at radius 1 is 1.00 bits per heavy atom. The van der Waals surface area contributed by atoms with E-state index in [1.54, 1.807) is 38.1 Å². The van der Waals surface area contributed by atoms with Gasteiger partial charge in [-0.05, 0) is 45.0 Å². The molecule has 0 fully saturated rings. The van der Waals surface area contributed by atoms with Crippen LogP contribution in [0.1, 0.15) is 20.8 Å². The van der Waals surface area contributed by atoms with Crippen molar-refractivity contribution in [1.29, 1.82) is 0 Å². The van der Waals surface area contributed by atoms with E-state index in [4.69, 9.17) is 4.74 Å². The second-order valence-corrected chi connectivity index (χ2v) is 5.70. The molecule has 3 amide bonds. The van der Waals surface area contributed by atoms with Gasteiger partial charge in [0.05, 0.1) is 0 Å². The lowest BCUT2D eigenvalue weighted by Gasteiger charge is -2.15. The van der Waals surface area contributed by atoms with Gasteiger partial charge in [0.2, 0.25) is 0 Å². The fraction of sp³-hybridized carbons (Fsp3) is 0.357.